The van der Waals surface area contributed by atoms with E-state index < -0.39 is 0 Å². The van der Waals surface area contributed by atoms with Crippen LogP contribution < -0.4 is 5.73 Å². The smallest absolute Gasteiger partial charge is 0.0501 e. The summed E-state index contributed by atoms with van der Waals surface area (Å²) >= 11 is 0. The molecule has 0 aromatic heterocycles. The van der Waals surface area contributed by atoms with Gasteiger partial charge < -0.3 is 5.73 Å². The minimum Gasteiger partial charge on any atom is -0.329 e. The van der Waals surface area contributed by atoms with E-state index in [-0.39, 0.29) is 0 Å². The summed E-state index contributed by atoms with van der Waals surface area (Å²) in [6, 6.07) is 1.46. The largest absolute Gasteiger partial charge is 0.329 e. The Kier molecular flexibility index (Phi) is 3.41. The molecule has 0 aromatic carbocycles. The molecule has 0 radical (unpaired) electrons. The van der Waals surface area contributed by atoms with E-state index in [2.05, 4.69) is 23.6 Å². The van der Waals surface area contributed by atoms with Gasteiger partial charge in [0.1, 0.15) is 0 Å². The summed E-state index contributed by atoms with van der Waals surface area (Å²) in [6.07, 6.45) is 6.80. The maximum Gasteiger partial charge on any atom is 0.0501 e. The number of rotatable bonds is 2. The molecule has 104 valence electrons. The van der Waals surface area contributed by atoms with Crippen LogP contribution in [0, 0.1) is 5.92 Å². The van der Waals surface area contributed by atoms with Crippen LogP contribution in [0.15, 0.2) is 0 Å². The summed E-state index contributed by atoms with van der Waals surface area (Å²) in [4.78, 5) is 5.51. The van der Waals surface area contributed by atoms with Gasteiger partial charge in [-0.25, -0.2) is 0 Å². The van der Waals surface area contributed by atoms with Gasteiger partial charge in [-0.1, -0.05) is 6.92 Å². The van der Waals surface area contributed by atoms with Gasteiger partial charge in [-0.3, -0.25) is 9.80 Å². The predicted octanol–water partition coefficient (Wildman–Crippen LogP) is 1.67. The van der Waals surface area contributed by atoms with Gasteiger partial charge in [0, 0.05) is 25.2 Å². The first-order chi connectivity index (χ1) is 8.69. The van der Waals surface area contributed by atoms with Gasteiger partial charge in [-0.15, -0.1) is 0 Å². The van der Waals surface area contributed by atoms with Crippen molar-refractivity contribution in [1.29, 1.82) is 0 Å². The third-order valence-electron chi connectivity index (χ3n) is 6.11. The summed E-state index contributed by atoms with van der Waals surface area (Å²) < 4.78 is 0. The molecule has 2 N–H and O–H groups in total. The molecule has 3 fully saturated rings. The lowest BCUT2D eigenvalue weighted by Crippen LogP contribution is -2.64. The number of nitrogens with two attached hydrogens (primary N) is 1. The van der Waals surface area contributed by atoms with Crippen LogP contribution >= 0.6 is 0 Å². The van der Waals surface area contributed by atoms with Crippen molar-refractivity contribution in [3.05, 3.63) is 0 Å². The van der Waals surface area contributed by atoms with E-state index in [4.69, 9.17) is 5.73 Å². The molecule has 4 unspecified atom stereocenters. The Labute approximate surface area is 112 Å². The zero-order valence-corrected chi connectivity index (χ0v) is 12.1. The third-order valence-corrected chi connectivity index (χ3v) is 6.11. The fourth-order valence-corrected chi connectivity index (χ4v) is 4.86. The van der Waals surface area contributed by atoms with Gasteiger partial charge in [-0.2, -0.15) is 0 Å². The van der Waals surface area contributed by atoms with Gasteiger partial charge in [0.25, 0.3) is 0 Å². The van der Waals surface area contributed by atoms with Gasteiger partial charge >= 0.3 is 0 Å². The first kappa shape index (κ1) is 12.9. The maximum absolute atomic E-state index is 6.29. The SMILES string of the molecule is CC1CCCN(C2(CN)CCN3CCCC32)C1C. The van der Waals surface area contributed by atoms with Crippen LogP contribution in [-0.2, 0) is 0 Å². The van der Waals surface area contributed by atoms with Gasteiger partial charge in [-0.05, 0) is 58.0 Å². The number of fused-ring (bicyclic) bond motifs is 1. The first-order valence-corrected chi connectivity index (χ1v) is 7.90. The maximum atomic E-state index is 6.29. The van der Waals surface area contributed by atoms with Gasteiger partial charge in [0.15, 0.2) is 0 Å². The fraction of sp³-hybridized carbons (Fsp3) is 1.00. The van der Waals surface area contributed by atoms with E-state index in [1.807, 2.05) is 0 Å². The number of hydrogen-bond acceptors (Lipinski definition) is 3. The molecule has 0 spiro atoms. The normalized spacial score (nSPS) is 46.5. The van der Waals surface area contributed by atoms with Crippen LogP contribution in [-0.4, -0.2) is 53.6 Å². The Morgan fingerprint density at radius 1 is 1.11 bits per heavy atom. The molecule has 4 atom stereocenters. The summed E-state index contributed by atoms with van der Waals surface area (Å²) in [7, 11) is 0. The molecule has 3 saturated heterocycles. The van der Waals surface area contributed by atoms with Crippen molar-refractivity contribution in [1.82, 2.24) is 9.80 Å². The molecule has 3 nitrogen and oxygen atoms in total. The molecule has 3 aliphatic heterocycles. The molecule has 3 heterocycles. The molecular formula is C15H29N3. The summed E-state index contributed by atoms with van der Waals surface area (Å²) in [5.74, 6) is 0.831. The van der Waals surface area contributed by atoms with Gasteiger partial charge in [0.2, 0.25) is 0 Å². The average Bonchev–Trinajstić information content (AvgIpc) is 2.95. The summed E-state index contributed by atoms with van der Waals surface area (Å²) in [5.41, 5.74) is 6.59. The number of hydrogen-bond donors (Lipinski definition) is 1. The van der Waals surface area contributed by atoms with Crippen LogP contribution in [0.4, 0.5) is 0 Å². The topological polar surface area (TPSA) is 32.5 Å². The van der Waals surface area contributed by atoms with Crippen LogP contribution in [0.1, 0.15) is 46.0 Å². The number of likely N-dealkylation sites (tertiary alicyclic amines) is 1. The van der Waals surface area contributed by atoms with Crippen molar-refractivity contribution in [3.63, 3.8) is 0 Å². The molecule has 0 amide bonds. The van der Waals surface area contributed by atoms with E-state index in [1.54, 1.807) is 0 Å². The van der Waals surface area contributed by atoms with Crippen LogP contribution in [0.5, 0.6) is 0 Å². The Hall–Kier alpha value is -0.120. The zero-order valence-electron chi connectivity index (χ0n) is 12.1. The molecule has 0 saturated carbocycles. The Balaban J connectivity index is 1.86. The molecule has 0 aromatic rings. The van der Waals surface area contributed by atoms with Crippen LogP contribution in [0.25, 0.3) is 0 Å². The Bertz CT molecular complexity index is 306. The lowest BCUT2D eigenvalue weighted by Gasteiger charge is -2.51. The highest BCUT2D eigenvalue weighted by atomic mass is 15.3. The molecular weight excluding hydrogens is 222 g/mol. The molecule has 0 aliphatic carbocycles. The minimum atomic E-state index is 0.296. The second kappa shape index (κ2) is 4.77. The minimum absolute atomic E-state index is 0.296. The van der Waals surface area contributed by atoms with Crippen molar-refractivity contribution in [3.8, 4) is 0 Å². The van der Waals surface area contributed by atoms with Crippen molar-refractivity contribution >= 4 is 0 Å². The van der Waals surface area contributed by atoms with Crippen molar-refractivity contribution < 1.29 is 0 Å². The average molecular weight is 251 g/mol. The third kappa shape index (κ3) is 1.75. The standard InChI is InChI=1S/C15H29N3/c1-12-5-3-9-18(13(12)2)15(11-16)7-10-17-8-4-6-14(15)17/h12-14H,3-11,16H2,1-2H3. The molecule has 3 rings (SSSR count). The highest BCUT2D eigenvalue weighted by Gasteiger charge is 2.53. The second-order valence-electron chi connectivity index (χ2n) is 6.81. The highest BCUT2D eigenvalue weighted by molar-refractivity contribution is 5.11. The summed E-state index contributed by atoms with van der Waals surface area (Å²) in [5, 5.41) is 0. The number of piperidine rings is 1. The Morgan fingerprint density at radius 3 is 2.67 bits per heavy atom. The van der Waals surface area contributed by atoms with Crippen LogP contribution in [0.3, 0.4) is 0 Å². The van der Waals surface area contributed by atoms with Gasteiger partial charge in [0.05, 0.1) is 5.54 Å². The molecule has 3 heteroatoms. The summed E-state index contributed by atoms with van der Waals surface area (Å²) in [6.45, 7) is 9.56. The second-order valence-corrected chi connectivity index (χ2v) is 6.81. The fourth-order valence-electron chi connectivity index (χ4n) is 4.86. The van der Waals surface area contributed by atoms with E-state index >= 15 is 0 Å². The monoisotopic (exact) mass is 251 g/mol. The number of nitrogens with zero attached hydrogens (tertiary/aromatic N) is 2. The highest BCUT2D eigenvalue weighted by Crippen LogP contribution is 2.43. The van der Waals surface area contributed by atoms with E-state index in [9.17, 15) is 0 Å². The first-order valence-electron chi connectivity index (χ1n) is 7.90. The molecule has 3 aliphatic rings. The van der Waals surface area contributed by atoms with E-state index in [1.165, 1.54) is 51.7 Å². The van der Waals surface area contributed by atoms with Crippen LogP contribution in [0.2, 0.25) is 0 Å². The zero-order chi connectivity index (χ0) is 12.8. The van der Waals surface area contributed by atoms with E-state index in [0.29, 0.717) is 11.6 Å². The van der Waals surface area contributed by atoms with Crippen molar-refractivity contribution in [2.45, 2.75) is 63.6 Å². The lowest BCUT2D eigenvalue weighted by molar-refractivity contribution is -0.0110. The Morgan fingerprint density at radius 2 is 1.89 bits per heavy atom. The van der Waals surface area contributed by atoms with Crippen molar-refractivity contribution in [2.75, 3.05) is 26.2 Å². The van der Waals surface area contributed by atoms with Crippen molar-refractivity contribution in [2.24, 2.45) is 11.7 Å². The predicted molar refractivity (Wildman–Crippen MR) is 75.6 cm³/mol. The quantitative estimate of drug-likeness (QED) is 0.810. The van der Waals surface area contributed by atoms with E-state index in [0.717, 1.165) is 18.5 Å². The molecule has 18 heavy (non-hydrogen) atoms. The lowest BCUT2D eigenvalue weighted by atomic mass is 9.80. The molecule has 0 bridgehead atoms.